The summed E-state index contributed by atoms with van der Waals surface area (Å²) < 4.78 is 22.0. The van der Waals surface area contributed by atoms with E-state index in [2.05, 4.69) is 39.8 Å². The molecule has 4 rings (SSSR count). The Kier molecular flexibility index (Phi) is 17.4. The standard InChI is InChI=1S/C50H66N2O8/c1-35(17-13-19-37(3)21-23-41-39(5)45(53)43(33-49(41,7)8)59-47(55)51-25-29-57-30-26-51)15-11-12-16-36(2)18-14-20-38(4)22-24-42-40(6)46(54)44(34-50(42,9)10)60-48(56)52-27-31-58-32-28-52/h11-24,43-44H,25-34H2,1-10H3/b12-11+,17-13+,18-14+,23-21+,24-22+,35-15+,36-16+,37-19+,38-20+. The number of carbonyl (C=O) groups is 4. The molecule has 2 amide bonds. The Bertz CT molecular complexity index is 1820. The van der Waals surface area contributed by atoms with E-state index in [4.69, 9.17) is 18.9 Å². The molecule has 2 aliphatic carbocycles. The Labute approximate surface area is 358 Å². The molecule has 10 nitrogen and oxygen atoms in total. The van der Waals surface area contributed by atoms with Crippen LogP contribution in [-0.4, -0.2) is 98.4 Å². The Hall–Kier alpha value is -5.06. The maximum absolute atomic E-state index is 13.2. The van der Waals surface area contributed by atoms with Crippen LogP contribution in [0.5, 0.6) is 0 Å². The van der Waals surface area contributed by atoms with E-state index in [1.807, 2.05) is 114 Å². The average Bonchev–Trinajstić information content (AvgIpc) is 3.20. The van der Waals surface area contributed by atoms with Gasteiger partial charge in [0, 0.05) is 39.0 Å². The first-order valence-electron chi connectivity index (χ1n) is 21.1. The molecule has 2 fully saturated rings. The molecule has 2 aliphatic heterocycles. The van der Waals surface area contributed by atoms with Gasteiger partial charge in [-0.2, -0.15) is 0 Å². The first kappa shape index (κ1) is 47.6. The lowest BCUT2D eigenvalue weighted by Gasteiger charge is -2.37. The van der Waals surface area contributed by atoms with E-state index in [1.54, 1.807) is 9.80 Å². The number of nitrogens with zero attached hydrogens (tertiary/aromatic N) is 2. The van der Waals surface area contributed by atoms with Gasteiger partial charge in [0.05, 0.1) is 26.4 Å². The molecule has 4 aliphatic rings. The molecular formula is C50H66N2O8. The van der Waals surface area contributed by atoms with Crippen molar-refractivity contribution >= 4 is 23.8 Å². The van der Waals surface area contributed by atoms with Crippen LogP contribution in [0, 0.1) is 10.8 Å². The number of rotatable bonds is 12. The lowest BCUT2D eigenvalue weighted by molar-refractivity contribution is -0.127. The highest BCUT2D eigenvalue weighted by Gasteiger charge is 2.42. The van der Waals surface area contributed by atoms with Crippen molar-refractivity contribution in [1.82, 2.24) is 9.80 Å². The zero-order valence-electron chi connectivity index (χ0n) is 37.5. The molecule has 2 heterocycles. The molecule has 0 saturated carbocycles. The Morgan fingerprint density at radius 2 is 0.867 bits per heavy atom. The maximum atomic E-state index is 13.2. The van der Waals surface area contributed by atoms with Gasteiger partial charge in [0.1, 0.15) is 0 Å². The lowest BCUT2D eigenvalue weighted by atomic mass is 9.71. The minimum absolute atomic E-state index is 0.141. The summed E-state index contributed by atoms with van der Waals surface area (Å²) in [5.74, 6) is -0.282. The van der Waals surface area contributed by atoms with Crippen LogP contribution in [0.25, 0.3) is 0 Å². The topological polar surface area (TPSA) is 112 Å². The maximum Gasteiger partial charge on any atom is 0.410 e. The van der Waals surface area contributed by atoms with Crippen molar-refractivity contribution in [3.05, 3.63) is 130 Å². The summed E-state index contributed by atoms with van der Waals surface area (Å²) in [6.07, 6.45) is 26.8. The van der Waals surface area contributed by atoms with Crippen molar-refractivity contribution in [3.63, 3.8) is 0 Å². The van der Waals surface area contributed by atoms with E-state index in [0.29, 0.717) is 76.6 Å². The fraction of sp³-hybridized carbons (Fsp3) is 0.480. The van der Waals surface area contributed by atoms with Gasteiger partial charge in [-0.25, -0.2) is 9.59 Å². The van der Waals surface area contributed by atoms with Gasteiger partial charge >= 0.3 is 12.2 Å². The summed E-state index contributed by atoms with van der Waals surface area (Å²) in [4.78, 5) is 55.0. The molecule has 0 spiro atoms. The van der Waals surface area contributed by atoms with Crippen molar-refractivity contribution in [3.8, 4) is 0 Å². The average molecular weight is 823 g/mol. The number of morpholine rings is 2. The summed E-state index contributed by atoms with van der Waals surface area (Å²) >= 11 is 0. The van der Waals surface area contributed by atoms with Crippen LogP contribution in [0.1, 0.15) is 82.1 Å². The summed E-state index contributed by atoms with van der Waals surface area (Å²) in [6, 6.07) is 0. The van der Waals surface area contributed by atoms with Crippen LogP contribution < -0.4 is 0 Å². The van der Waals surface area contributed by atoms with Gasteiger partial charge in [-0.15, -0.1) is 0 Å². The van der Waals surface area contributed by atoms with E-state index in [0.717, 1.165) is 33.4 Å². The third kappa shape index (κ3) is 13.7. The lowest BCUT2D eigenvalue weighted by Crippen LogP contribution is -2.45. The molecule has 2 unspecified atom stereocenters. The molecule has 0 N–H and O–H groups in total. The number of Topliss-reactive ketones (excluding diaryl/α,β-unsaturated/α-hetero) is 2. The monoisotopic (exact) mass is 822 g/mol. The number of ketones is 2. The van der Waals surface area contributed by atoms with Crippen molar-refractivity contribution in [2.24, 2.45) is 10.8 Å². The van der Waals surface area contributed by atoms with E-state index < -0.39 is 24.4 Å². The summed E-state index contributed by atoms with van der Waals surface area (Å²) in [5.41, 5.74) is 6.77. The first-order valence-corrected chi connectivity index (χ1v) is 21.1. The first-order chi connectivity index (χ1) is 28.4. The SMILES string of the molecule is CC1=C(/C=C/C(C)=C/C=C/C(C)=C/C=C/C=C(C)/C=C/C=C(C)/C=C/C2=C(C)C(=O)C(OC(=O)N3CCOCC3)CC2(C)C)C(C)(C)CC(OC(=O)N2CCOCC2)C1=O. The van der Waals surface area contributed by atoms with Gasteiger partial charge in [0.25, 0.3) is 0 Å². The van der Waals surface area contributed by atoms with Crippen LogP contribution in [0.4, 0.5) is 9.59 Å². The van der Waals surface area contributed by atoms with Crippen LogP contribution in [0.3, 0.4) is 0 Å². The molecule has 0 aromatic rings. The van der Waals surface area contributed by atoms with Gasteiger partial charge in [-0.05, 0) is 74.7 Å². The largest absolute Gasteiger partial charge is 0.438 e. The van der Waals surface area contributed by atoms with Gasteiger partial charge in [0.15, 0.2) is 23.8 Å². The second-order valence-electron chi connectivity index (χ2n) is 17.3. The van der Waals surface area contributed by atoms with E-state index >= 15 is 0 Å². The second-order valence-corrected chi connectivity index (χ2v) is 17.3. The van der Waals surface area contributed by atoms with Gasteiger partial charge in [0.2, 0.25) is 0 Å². The number of carbonyl (C=O) groups excluding carboxylic acids is 4. The quantitative estimate of drug-likeness (QED) is 0.179. The number of amides is 2. The zero-order valence-corrected chi connectivity index (χ0v) is 37.5. The van der Waals surface area contributed by atoms with Crippen LogP contribution in [0.2, 0.25) is 0 Å². The molecule has 10 heteroatoms. The predicted octanol–water partition coefficient (Wildman–Crippen LogP) is 9.86. The molecule has 2 atom stereocenters. The van der Waals surface area contributed by atoms with Crippen molar-refractivity contribution in [2.75, 3.05) is 52.6 Å². The van der Waals surface area contributed by atoms with Crippen LogP contribution in [-0.2, 0) is 28.5 Å². The zero-order chi connectivity index (χ0) is 44.0. The van der Waals surface area contributed by atoms with Crippen molar-refractivity contribution in [1.29, 1.82) is 0 Å². The summed E-state index contributed by atoms with van der Waals surface area (Å²) in [5, 5.41) is 0. The Morgan fingerprint density at radius 1 is 0.550 bits per heavy atom. The van der Waals surface area contributed by atoms with E-state index in [-0.39, 0.29) is 22.4 Å². The summed E-state index contributed by atoms with van der Waals surface area (Å²) in [7, 11) is 0. The number of hydrogen-bond donors (Lipinski definition) is 0. The highest BCUT2D eigenvalue weighted by Crippen LogP contribution is 2.42. The fourth-order valence-corrected chi connectivity index (χ4v) is 7.64. The third-order valence-corrected chi connectivity index (χ3v) is 11.3. The van der Waals surface area contributed by atoms with Gasteiger partial charge in [-0.1, -0.05) is 135 Å². The number of allylic oxidation sites excluding steroid dienone is 20. The molecule has 2 saturated heterocycles. The molecule has 324 valence electrons. The van der Waals surface area contributed by atoms with E-state index in [1.165, 1.54) is 0 Å². The van der Waals surface area contributed by atoms with Crippen LogP contribution in [0.15, 0.2) is 130 Å². The highest BCUT2D eigenvalue weighted by atomic mass is 16.6. The molecular weight excluding hydrogens is 757 g/mol. The minimum Gasteiger partial charge on any atom is -0.438 e. The third-order valence-electron chi connectivity index (χ3n) is 11.3. The van der Waals surface area contributed by atoms with Gasteiger partial charge < -0.3 is 28.7 Å². The predicted molar refractivity (Wildman–Crippen MR) is 238 cm³/mol. The number of hydrogen-bond acceptors (Lipinski definition) is 8. The minimum atomic E-state index is -0.789. The summed E-state index contributed by atoms with van der Waals surface area (Å²) in [6.45, 7) is 23.9. The Morgan fingerprint density at radius 3 is 1.22 bits per heavy atom. The van der Waals surface area contributed by atoms with Crippen LogP contribution >= 0.6 is 0 Å². The molecule has 0 aromatic heterocycles. The Balaban J connectivity index is 1.27. The van der Waals surface area contributed by atoms with E-state index in [9.17, 15) is 19.2 Å². The van der Waals surface area contributed by atoms with Crippen molar-refractivity contribution < 1.29 is 38.1 Å². The number of ether oxygens (including phenoxy) is 4. The molecule has 0 radical (unpaired) electrons. The smallest absolute Gasteiger partial charge is 0.410 e. The highest BCUT2D eigenvalue weighted by molar-refractivity contribution is 6.02. The molecule has 0 aromatic carbocycles. The van der Waals surface area contributed by atoms with Crippen molar-refractivity contribution in [2.45, 2.75) is 94.3 Å². The fourth-order valence-electron chi connectivity index (χ4n) is 7.64. The van der Waals surface area contributed by atoms with Gasteiger partial charge in [-0.3, -0.25) is 9.59 Å². The normalized spacial score (nSPS) is 24.0. The second kappa shape index (κ2) is 22.0. The molecule has 60 heavy (non-hydrogen) atoms. The molecule has 0 bridgehead atoms.